The Labute approximate surface area is 171 Å². The predicted octanol–water partition coefficient (Wildman–Crippen LogP) is 3.61. The molecule has 0 spiro atoms. The molecule has 0 aliphatic carbocycles. The van der Waals surface area contributed by atoms with Gasteiger partial charge in [0.15, 0.2) is 11.5 Å². The van der Waals surface area contributed by atoms with Gasteiger partial charge in [-0.05, 0) is 43.5 Å². The van der Waals surface area contributed by atoms with Gasteiger partial charge in [0.25, 0.3) is 0 Å². The lowest BCUT2D eigenvalue weighted by molar-refractivity contribution is -0.143. The number of fused-ring (bicyclic) bond motifs is 1. The number of rotatable bonds is 6. The van der Waals surface area contributed by atoms with Crippen LogP contribution in [0, 0.1) is 5.82 Å². The third-order valence-electron chi connectivity index (χ3n) is 5.97. The van der Waals surface area contributed by atoms with Crippen molar-refractivity contribution in [3.8, 4) is 11.5 Å². The van der Waals surface area contributed by atoms with Gasteiger partial charge in [0.1, 0.15) is 12.4 Å². The topological polar surface area (TPSA) is 42.0 Å². The van der Waals surface area contributed by atoms with Gasteiger partial charge >= 0.3 is 0 Å². The van der Waals surface area contributed by atoms with E-state index in [-0.39, 0.29) is 24.4 Å². The highest BCUT2D eigenvalue weighted by molar-refractivity contribution is 5.83. The number of methoxy groups -OCH3 is 1. The fourth-order valence-corrected chi connectivity index (χ4v) is 4.28. The molecule has 2 aromatic carbocycles. The second kappa shape index (κ2) is 8.41. The Kier molecular flexibility index (Phi) is 5.72. The first-order valence-corrected chi connectivity index (χ1v) is 10.1. The summed E-state index contributed by atoms with van der Waals surface area (Å²) in [6.45, 7) is 4.60. The highest BCUT2D eigenvalue weighted by Gasteiger charge is 2.40. The van der Waals surface area contributed by atoms with E-state index >= 15 is 0 Å². The van der Waals surface area contributed by atoms with Crippen LogP contribution in [0.1, 0.15) is 30.9 Å². The number of carbonyl (C=O) groups is 1. The van der Waals surface area contributed by atoms with Crippen LogP contribution in [0.3, 0.4) is 0 Å². The Hall–Kier alpha value is -2.60. The summed E-state index contributed by atoms with van der Waals surface area (Å²) in [6, 6.07) is 12.6. The lowest BCUT2D eigenvalue weighted by Crippen LogP contribution is -2.58. The lowest BCUT2D eigenvalue weighted by Gasteiger charge is -2.41. The van der Waals surface area contributed by atoms with E-state index in [9.17, 15) is 9.18 Å². The van der Waals surface area contributed by atoms with Gasteiger partial charge in [-0.3, -0.25) is 9.69 Å². The Morgan fingerprint density at radius 3 is 2.79 bits per heavy atom. The highest BCUT2D eigenvalue weighted by atomic mass is 19.1. The predicted molar refractivity (Wildman–Crippen MR) is 108 cm³/mol. The molecular formula is C23H27FN2O3. The van der Waals surface area contributed by atoms with Crippen LogP contribution >= 0.6 is 0 Å². The highest BCUT2D eigenvalue weighted by Crippen LogP contribution is 2.31. The maximum absolute atomic E-state index is 13.8. The number of benzene rings is 2. The van der Waals surface area contributed by atoms with Crippen LogP contribution in [0.25, 0.3) is 0 Å². The zero-order chi connectivity index (χ0) is 20.4. The molecule has 0 unspecified atom stereocenters. The standard InChI is InChI=1S/C23H27FN2O3/c1-16-23(27)26-11-5-7-19(26)14-25(16)13-17-9-10-21(22(12-17)28-2)29-15-18-6-3-4-8-20(18)24/h3-4,6,8-10,12,16,19H,5,7,11,13-15H2,1-2H3/t16-,19-/m0/s1. The van der Waals surface area contributed by atoms with Crippen LogP contribution in [-0.4, -0.2) is 48.0 Å². The smallest absolute Gasteiger partial charge is 0.239 e. The Balaban J connectivity index is 1.45. The summed E-state index contributed by atoms with van der Waals surface area (Å²) in [4.78, 5) is 16.9. The van der Waals surface area contributed by atoms with Crippen molar-refractivity contribution in [3.05, 3.63) is 59.4 Å². The maximum atomic E-state index is 13.8. The molecule has 4 rings (SSSR count). The van der Waals surface area contributed by atoms with Crippen LogP contribution in [0.5, 0.6) is 11.5 Å². The monoisotopic (exact) mass is 398 g/mol. The lowest BCUT2D eigenvalue weighted by atomic mass is 10.1. The van der Waals surface area contributed by atoms with E-state index in [0.717, 1.165) is 31.5 Å². The van der Waals surface area contributed by atoms with Crippen molar-refractivity contribution in [1.82, 2.24) is 9.80 Å². The number of hydrogen-bond acceptors (Lipinski definition) is 4. The summed E-state index contributed by atoms with van der Waals surface area (Å²) >= 11 is 0. The number of halogens is 1. The second-order valence-electron chi connectivity index (χ2n) is 7.80. The van der Waals surface area contributed by atoms with Crippen molar-refractivity contribution in [1.29, 1.82) is 0 Å². The van der Waals surface area contributed by atoms with Crippen molar-refractivity contribution >= 4 is 5.91 Å². The number of ether oxygens (including phenoxy) is 2. The number of piperazine rings is 1. The minimum atomic E-state index is -0.284. The fraction of sp³-hybridized carbons (Fsp3) is 0.435. The molecule has 154 valence electrons. The molecule has 0 radical (unpaired) electrons. The van der Waals surface area contributed by atoms with E-state index in [4.69, 9.17) is 9.47 Å². The molecule has 2 aliphatic rings. The average molecular weight is 398 g/mol. The van der Waals surface area contributed by atoms with Gasteiger partial charge in [-0.2, -0.15) is 0 Å². The molecular weight excluding hydrogens is 371 g/mol. The first-order valence-electron chi connectivity index (χ1n) is 10.1. The summed E-state index contributed by atoms with van der Waals surface area (Å²) in [5.41, 5.74) is 1.56. The maximum Gasteiger partial charge on any atom is 0.239 e. The van der Waals surface area contributed by atoms with E-state index in [2.05, 4.69) is 4.90 Å². The van der Waals surface area contributed by atoms with E-state index < -0.39 is 0 Å². The van der Waals surface area contributed by atoms with E-state index in [0.29, 0.717) is 29.6 Å². The molecule has 2 fully saturated rings. The first kappa shape index (κ1) is 19.7. The van der Waals surface area contributed by atoms with Crippen molar-refractivity contribution in [3.63, 3.8) is 0 Å². The van der Waals surface area contributed by atoms with Crippen LogP contribution in [0.4, 0.5) is 4.39 Å². The fourth-order valence-electron chi connectivity index (χ4n) is 4.28. The van der Waals surface area contributed by atoms with Crippen LogP contribution in [0.15, 0.2) is 42.5 Å². The van der Waals surface area contributed by atoms with Gasteiger partial charge in [-0.15, -0.1) is 0 Å². The van der Waals surface area contributed by atoms with E-state index in [1.165, 1.54) is 6.07 Å². The van der Waals surface area contributed by atoms with Gasteiger partial charge in [-0.1, -0.05) is 24.3 Å². The summed E-state index contributed by atoms with van der Waals surface area (Å²) in [5, 5.41) is 0. The molecule has 2 atom stereocenters. The molecule has 0 aromatic heterocycles. The third kappa shape index (κ3) is 4.08. The minimum Gasteiger partial charge on any atom is -0.493 e. The molecule has 2 aliphatic heterocycles. The van der Waals surface area contributed by atoms with Crippen LogP contribution in [-0.2, 0) is 17.9 Å². The summed E-state index contributed by atoms with van der Waals surface area (Å²) in [5.74, 6) is 1.13. The first-order chi connectivity index (χ1) is 14.1. The molecule has 6 heteroatoms. The summed E-state index contributed by atoms with van der Waals surface area (Å²) in [6.07, 6.45) is 2.18. The van der Waals surface area contributed by atoms with Gasteiger partial charge < -0.3 is 14.4 Å². The molecule has 0 saturated carbocycles. The van der Waals surface area contributed by atoms with Crippen molar-refractivity contribution in [2.24, 2.45) is 0 Å². The second-order valence-corrected chi connectivity index (χ2v) is 7.80. The quantitative estimate of drug-likeness (QED) is 0.746. The average Bonchev–Trinajstić information content (AvgIpc) is 3.20. The van der Waals surface area contributed by atoms with Crippen LogP contribution < -0.4 is 9.47 Å². The van der Waals surface area contributed by atoms with E-state index in [1.54, 1.807) is 25.3 Å². The normalized spacial score (nSPS) is 21.9. The Bertz CT molecular complexity index is 888. The Morgan fingerprint density at radius 1 is 1.17 bits per heavy atom. The van der Waals surface area contributed by atoms with Gasteiger partial charge in [0.05, 0.1) is 13.2 Å². The number of amides is 1. The zero-order valence-electron chi connectivity index (χ0n) is 16.9. The van der Waals surface area contributed by atoms with Gasteiger partial charge in [0, 0.05) is 31.2 Å². The summed E-state index contributed by atoms with van der Waals surface area (Å²) < 4.78 is 25.1. The van der Waals surface area contributed by atoms with E-state index in [1.807, 2.05) is 30.0 Å². The van der Waals surface area contributed by atoms with Gasteiger partial charge in [-0.25, -0.2) is 4.39 Å². The van der Waals surface area contributed by atoms with Crippen molar-refractivity contribution < 1.29 is 18.7 Å². The molecule has 2 heterocycles. The minimum absolute atomic E-state index is 0.118. The molecule has 0 N–H and O–H groups in total. The number of hydrogen-bond donors (Lipinski definition) is 0. The largest absolute Gasteiger partial charge is 0.493 e. The molecule has 5 nitrogen and oxygen atoms in total. The van der Waals surface area contributed by atoms with Crippen molar-refractivity contribution in [2.45, 2.75) is 45.0 Å². The third-order valence-corrected chi connectivity index (χ3v) is 5.97. The van der Waals surface area contributed by atoms with Crippen molar-refractivity contribution in [2.75, 3.05) is 20.2 Å². The van der Waals surface area contributed by atoms with Gasteiger partial charge in [0.2, 0.25) is 5.91 Å². The number of carbonyl (C=O) groups excluding carboxylic acids is 1. The molecule has 2 saturated heterocycles. The van der Waals surface area contributed by atoms with Crippen LogP contribution in [0.2, 0.25) is 0 Å². The molecule has 2 aromatic rings. The number of nitrogens with zero attached hydrogens (tertiary/aromatic N) is 2. The molecule has 29 heavy (non-hydrogen) atoms. The summed E-state index contributed by atoms with van der Waals surface area (Å²) in [7, 11) is 1.60. The molecule has 1 amide bonds. The SMILES string of the molecule is COc1cc(CN2C[C@@H]3CCCN3C(=O)[C@@H]2C)ccc1OCc1ccccc1F. The molecule has 0 bridgehead atoms. The Morgan fingerprint density at radius 2 is 2.00 bits per heavy atom. The zero-order valence-corrected chi connectivity index (χ0v) is 16.9.